The normalized spacial score (nSPS) is 30.7. The average molecular weight is 295 g/mol. The molecule has 0 radical (unpaired) electrons. The Kier molecular flexibility index (Phi) is 3.49. The number of hydrogen-bond acceptors (Lipinski definition) is 8. The van der Waals surface area contributed by atoms with Crippen LogP contribution in [0.1, 0.15) is 13.2 Å². The molecule has 0 aromatic carbocycles. The molecule has 2 aromatic rings. The van der Waals surface area contributed by atoms with Gasteiger partial charge in [-0.1, -0.05) is 0 Å². The molecule has 4 N–H and O–H groups in total. The molecule has 9 heteroatoms. The summed E-state index contributed by atoms with van der Waals surface area (Å²) in [6.07, 6.45) is -2.18. The summed E-state index contributed by atoms with van der Waals surface area (Å²) in [5, 5.41) is 32.6. The molecule has 0 aliphatic carbocycles. The molecule has 3 heterocycles. The summed E-state index contributed by atoms with van der Waals surface area (Å²) >= 11 is 0. The molecule has 3 rings (SSSR count). The molecule has 0 amide bonds. The molecule has 5 atom stereocenters. The van der Waals surface area contributed by atoms with Gasteiger partial charge in [-0.15, -0.1) is 0 Å². The molecule has 0 unspecified atom stereocenters. The van der Waals surface area contributed by atoms with Gasteiger partial charge in [0.2, 0.25) is 0 Å². The van der Waals surface area contributed by atoms with Crippen LogP contribution in [-0.4, -0.2) is 66.3 Å². The molecular weight excluding hydrogens is 278 g/mol. The third kappa shape index (κ3) is 2.14. The van der Waals surface area contributed by atoms with E-state index in [4.69, 9.17) is 4.74 Å². The first-order chi connectivity index (χ1) is 10.0. The highest BCUT2D eigenvalue weighted by Gasteiger charge is 2.46. The minimum Gasteiger partial charge on any atom is -0.391 e. The Bertz CT molecular complexity index is 646. The van der Waals surface area contributed by atoms with Crippen molar-refractivity contribution in [2.24, 2.45) is 0 Å². The Hall–Kier alpha value is -1.81. The maximum atomic E-state index is 10.1. The van der Waals surface area contributed by atoms with Crippen LogP contribution in [0.5, 0.6) is 0 Å². The van der Waals surface area contributed by atoms with E-state index in [0.29, 0.717) is 17.0 Å². The monoisotopic (exact) mass is 295 g/mol. The Labute approximate surface area is 120 Å². The summed E-state index contributed by atoms with van der Waals surface area (Å²) in [5.74, 6) is 0.555. The molecule has 1 saturated heterocycles. The van der Waals surface area contributed by atoms with Crippen molar-refractivity contribution in [3.63, 3.8) is 0 Å². The number of hydrogen-bond donors (Lipinski definition) is 4. The molecule has 1 fully saturated rings. The number of ether oxygens (including phenoxy) is 1. The lowest BCUT2D eigenvalue weighted by Crippen LogP contribution is -2.37. The third-order valence-corrected chi connectivity index (χ3v) is 3.62. The van der Waals surface area contributed by atoms with E-state index < -0.39 is 30.6 Å². The van der Waals surface area contributed by atoms with E-state index >= 15 is 0 Å². The number of nitrogens with zero attached hydrogens (tertiary/aromatic N) is 4. The quantitative estimate of drug-likeness (QED) is 0.560. The van der Waals surface area contributed by atoms with Crippen molar-refractivity contribution in [1.29, 1.82) is 0 Å². The second-order valence-corrected chi connectivity index (χ2v) is 5.01. The summed E-state index contributed by atoms with van der Waals surface area (Å²) in [4.78, 5) is 12.4. The Morgan fingerprint density at radius 1 is 1.29 bits per heavy atom. The Morgan fingerprint density at radius 2 is 2.05 bits per heavy atom. The summed E-state index contributed by atoms with van der Waals surface area (Å²) < 4.78 is 7.09. The van der Waals surface area contributed by atoms with Crippen LogP contribution in [0.3, 0.4) is 0 Å². The summed E-state index contributed by atoms with van der Waals surface area (Å²) in [6, 6.07) is 0. The SMILES string of the molecule is CNc1ncnc2c1ncn2[C@@H]1O[C@H]([C@@H](C)O)[C@@H](O)[C@H]1O. The topological polar surface area (TPSA) is 126 Å². The summed E-state index contributed by atoms with van der Waals surface area (Å²) in [5.41, 5.74) is 1.00. The number of imidazole rings is 1. The van der Waals surface area contributed by atoms with Crippen LogP contribution in [0, 0.1) is 0 Å². The third-order valence-electron chi connectivity index (χ3n) is 3.62. The molecule has 1 aliphatic heterocycles. The van der Waals surface area contributed by atoms with Crippen molar-refractivity contribution in [3.8, 4) is 0 Å². The van der Waals surface area contributed by atoms with Crippen molar-refractivity contribution in [2.45, 2.75) is 37.6 Å². The van der Waals surface area contributed by atoms with E-state index in [-0.39, 0.29) is 0 Å². The number of anilines is 1. The maximum absolute atomic E-state index is 10.1. The van der Waals surface area contributed by atoms with Gasteiger partial charge in [-0.3, -0.25) is 4.57 Å². The van der Waals surface area contributed by atoms with Crippen molar-refractivity contribution >= 4 is 17.0 Å². The number of nitrogens with one attached hydrogen (secondary N) is 1. The predicted molar refractivity (Wildman–Crippen MR) is 72.5 cm³/mol. The van der Waals surface area contributed by atoms with Crippen LogP contribution in [0.4, 0.5) is 5.82 Å². The first-order valence-electron chi connectivity index (χ1n) is 6.59. The largest absolute Gasteiger partial charge is 0.391 e. The number of fused-ring (bicyclic) bond motifs is 1. The first kappa shape index (κ1) is 14.1. The van der Waals surface area contributed by atoms with E-state index in [0.717, 1.165) is 0 Å². The van der Waals surface area contributed by atoms with Crippen molar-refractivity contribution in [2.75, 3.05) is 12.4 Å². The predicted octanol–water partition coefficient (Wildman–Crippen LogP) is -1.13. The zero-order valence-corrected chi connectivity index (χ0v) is 11.6. The van der Waals surface area contributed by atoms with Gasteiger partial charge in [-0.05, 0) is 6.92 Å². The fraction of sp³-hybridized carbons (Fsp3) is 0.583. The smallest absolute Gasteiger partial charge is 0.167 e. The molecule has 0 saturated carbocycles. The van der Waals surface area contributed by atoms with Crippen LogP contribution >= 0.6 is 0 Å². The Morgan fingerprint density at radius 3 is 2.67 bits per heavy atom. The molecule has 9 nitrogen and oxygen atoms in total. The van der Waals surface area contributed by atoms with E-state index in [1.54, 1.807) is 7.05 Å². The fourth-order valence-corrected chi connectivity index (χ4v) is 2.54. The van der Waals surface area contributed by atoms with Crippen LogP contribution in [0.2, 0.25) is 0 Å². The van der Waals surface area contributed by atoms with E-state index in [2.05, 4.69) is 20.3 Å². The lowest BCUT2D eigenvalue weighted by molar-refractivity contribution is -0.0777. The number of aliphatic hydroxyl groups is 3. The van der Waals surface area contributed by atoms with Gasteiger partial charge in [0.25, 0.3) is 0 Å². The standard InChI is InChI=1S/C12H17N5O4/c1-5(18)9-7(19)8(20)12(21-9)17-4-16-6-10(13-2)14-3-15-11(6)17/h3-5,7-9,12,18-20H,1-2H3,(H,13,14,15)/t5-,7+,8-,9-,12-/m1/s1. The zero-order valence-electron chi connectivity index (χ0n) is 11.6. The van der Waals surface area contributed by atoms with Gasteiger partial charge in [0.1, 0.15) is 30.2 Å². The summed E-state index contributed by atoms with van der Waals surface area (Å²) in [7, 11) is 1.72. The zero-order chi connectivity index (χ0) is 15.1. The van der Waals surface area contributed by atoms with Gasteiger partial charge in [0, 0.05) is 7.05 Å². The highest BCUT2D eigenvalue weighted by atomic mass is 16.6. The van der Waals surface area contributed by atoms with Crippen molar-refractivity contribution in [3.05, 3.63) is 12.7 Å². The van der Waals surface area contributed by atoms with Crippen LogP contribution in [-0.2, 0) is 4.74 Å². The summed E-state index contributed by atoms with van der Waals surface area (Å²) in [6.45, 7) is 1.50. The van der Waals surface area contributed by atoms with Crippen molar-refractivity contribution < 1.29 is 20.1 Å². The molecule has 114 valence electrons. The van der Waals surface area contributed by atoms with E-state index in [1.165, 1.54) is 24.1 Å². The minimum atomic E-state index is -1.19. The Balaban J connectivity index is 2.02. The first-order valence-corrected chi connectivity index (χ1v) is 6.59. The number of aliphatic hydroxyl groups excluding tert-OH is 3. The lowest BCUT2D eigenvalue weighted by Gasteiger charge is -2.17. The number of rotatable bonds is 3. The van der Waals surface area contributed by atoms with Gasteiger partial charge in [0.05, 0.1) is 12.4 Å². The molecule has 0 bridgehead atoms. The molecule has 0 spiro atoms. The second kappa shape index (κ2) is 5.19. The van der Waals surface area contributed by atoms with Crippen LogP contribution in [0.25, 0.3) is 11.2 Å². The second-order valence-electron chi connectivity index (χ2n) is 5.01. The van der Waals surface area contributed by atoms with Gasteiger partial charge in [0.15, 0.2) is 17.7 Å². The fourth-order valence-electron chi connectivity index (χ4n) is 2.54. The maximum Gasteiger partial charge on any atom is 0.167 e. The number of aromatic nitrogens is 4. The van der Waals surface area contributed by atoms with Crippen molar-refractivity contribution in [1.82, 2.24) is 19.5 Å². The molecule has 2 aromatic heterocycles. The van der Waals surface area contributed by atoms with Gasteiger partial charge in [-0.25, -0.2) is 15.0 Å². The van der Waals surface area contributed by atoms with E-state index in [1.807, 2.05) is 0 Å². The van der Waals surface area contributed by atoms with Gasteiger partial charge in [-0.2, -0.15) is 0 Å². The highest BCUT2D eigenvalue weighted by Crippen LogP contribution is 2.33. The van der Waals surface area contributed by atoms with Crippen LogP contribution in [0.15, 0.2) is 12.7 Å². The van der Waals surface area contributed by atoms with E-state index in [9.17, 15) is 15.3 Å². The minimum absolute atomic E-state index is 0.469. The molecule has 1 aliphatic rings. The van der Waals surface area contributed by atoms with Crippen LogP contribution < -0.4 is 5.32 Å². The van der Waals surface area contributed by atoms with Gasteiger partial charge < -0.3 is 25.4 Å². The molecular formula is C12H17N5O4. The average Bonchev–Trinajstić information content (AvgIpc) is 3.01. The van der Waals surface area contributed by atoms with Gasteiger partial charge >= 0.3 is 0 Å². The highest BCUT2D eigenvalue weighted by molar-refractivity contribution is 5.82. The molecule has 21 heavy (non-hydrogen) atoms. The lowest BCUT2D eigenvalue weighted by atomic mass is 10.1.